The number of hydrogen-bond acceptors (Lipinski definition) is 4. The van der Waals surface area contributed by atoms with E-state index in [2.05, 4.69) is 67.7 Å². The molecule has 0 rings (SSSR count). The van der Waals surface area contributed by atoms with Gasteiger partial charge in [0.2, 0.25) is 0 Å². The zero-order valence-corrected chi connectivity index (χ0v) is 21.3. The van der Waals surface area contributed by atoms with Crippen LogP contribution in [0.2, 0.25) is 36.3 Å². The predicted octanol–water partition coefficient (Wildman–Crippen LogP) is 5.37. The number of Topliss-reactive ketones (excluding diaryl/α,β-unsaturated/α-hetero) is 1. The monoisotopic (exact) mass is 404 g/mol. The Morgan fingerprint density at radius 1 is 0.923 bits per heavy atom. The summed E-state index contributed by atoms with van der Waals surface area (Å²) in [6, 6.07) is 0. The highest BCUT2D eigenvalue weighted by atomic mass is 28.4. The van der Waals surface area contributed by atoms with Crippen LogP contribution >= 0.6 is 0 Å². The molecule has 0 aromatic heterocycles. The fraction of sp³-hybridized carbons (Fsp3) is 0.950. The summed E-state index contributed by atoms with van der Waals surface area (Å²) in [5.74, 6) is 0.0818. The van der Waals surface area contributed by atoms with Gasteiger partial charge in [0.05, 0.1) is 6.10 Å². The molecule has 0 amide bonds. The number of rotatable bonds is 9. The number of aliphatic hydroxyl groups excluding tert-OH is 1. The van der Waals surface area contributed by atoms with Gasteiger partial charge >= 0.3 is 0 Å². The SMILES string of the molecule is CC(=O)[C@H](O[Si](C)(C)C(C)(C)C)[C@H](C[C@@H](C)CO)O[Si](C)(C)C(C)(C)C. The van der Waals surface area contributed by atoms with E-state index < -0.39 is 22.7 Å². The minimum absolute atomic E-state index is 0.0173. The normalized spacial score (nSPS) is 17.7. The first kappa shape index (κ1) is 26.0. The summed E-state index contributed by atoms with van der Waals surface area (Å²) >= 11 is 0. The number of aliphatic hydroxyl groups is 1. The highest BCUT2D eigenvalue weighted by Crippen LogP contribution is 2.41. The van der Waals surface area contributed by atoms with E-state index in [0.717, 1.165) is 0 Å². The maximum atomic E-state index is 12.6. The molecule has 0 saturated heterocycles. The fourth-order valence-electron chi connectivity index (χ4n) is 2.17. The molecule has 0 spiro atoms. The highest BCUT2D eigenvalue weighted by molar-refractivity contribution is 6.74. The molecule has 0 unspecified atom stereocenters. The predicted molar refractivity (Wildman–Crippen MR) is 116 cm³/mol. The van der Waals surface area contributed by atoms with Crippen LogP contribution in [0.15, 0.2) is 0 Å². The quantitative estimate of drug-likeness (QED) is 0.524. The highest BCUT2D eigenvalue weighted by Gasteiger charge is 2.46. The Morgan fingerprint density at radius 3 is 1.62 bits per heavy atom. The molecule has 0 bridgehead atoms. The largest absolute Gasteiger partial charge is 0.411 e. The van der Waals surface area contributed by atoms with Crippen molar-refractivity contribution in [1.82, 2.24) is 0 Å². The summed E-state index contributed by atoms with van der Waals surface area (Å²) in [6.07, 6.45) is -0.259. The average molecular weight is 405 g/mol. The van der Waals surface area contributed by atoms with Gasteiger partial charge in [-0.15, -0.1) is 0 Å². The topological polar surface area (TPSA) is 55.8 Å². The second-order valence-corrected chi connectivity index (χ2v) is 20.4. The molecule has 1 N–H and O–H groups in total. The Morgan fingerprint density at radius 2 is 1.31 bits per heavy atom. The molecule has 0 aromatic carbocycles. The third-order valence-electron chi connectivity index (χ3n) is 6.16. The molecule has 0 saturated carbocycles. The van der Waals surface area contributed by atoms with Crippen molar-refractivity contribution in [3.05, 3.63) is 0 Å². The van der Waals surface area contributed by atoms with Gasteiger partial charge < -0.3 is 14.0 Å². The van der Waals surface area contributed by atoms with Gasteiger partial charge in [-0.1, -0.05) is 48.5 Å². The fourth-order valence-corrected chi connectivity index (χ4v) is 4.81. The van der Waals surface area contributed by atoms with Crippen LogP contribution in [-0.2, 0) is 13.6 Å². The van der Waals surface area contributed by atoms with Crippen LogP contribution in [0.4, 0.5) is 0 Å². The van der Waals surface area contributed by atoms with Gasteiger partial charge in [0.15, 0.2) is 22.4 Å². The number of ketones is 1. The first-order valence-corrected chi connectivity index (χ1v) is 15.6. The third kappa shape index (κ3) is 7.19. The molecule has 0 radical (unpaired) electrons. The van der Waals surface area contributed by atoms with E-state index in [4.69, 9.17) is 8.85 Å². The zero-order valence-electron chi connectivity index (χ0n) is 19.3. The van der Waals surface area contributed by atoms with Crippen molar-refractivity contribution in [1.29, 1.82) is 0 Å². The summed E-state index contributed by atoms with van der Waals surface area (Å²) in [5.41, 5.74) is 0. The van der Waals surface area contributed by atoms with Gasteiger partial charge in [0.25, 0.3) is 0 Å². The van der Waals surface area contributed by atoms with Crippen LogP contribution in [0.1, 0.15) is 61.8 Å². The zero-order chi connectivity index (χ0) is 21.1. The van der Waals surface area contributed by atoms with Crippen molar-refractivity contribution < 1.29 is 18.8 Å². The van der Waals surface area contributed by atoms with Crippen LogP contribution < -0.4 is 0 Å². The molecule has 0 fully saturated rings. The van der Waals surface area contributed by atoms with Crippen LogP contribution in [0.3, 0.4) is 0 Å². The van der Waals surface area contributed by atoms with Gasteiger partial charge in [-0.05, 0) is 55.5 Å². The molecule has 156 valence electrons. The molecule has 0 heterocycles. The Labute approximate surface area is 164 Å². The first-order chi connectivity index (χ1) is 11.4. The van der Waals surface area contributed by atoms with Crippen molar-refractivity contribution in [3.8, 4) is 0 Å². The van der Waals surface area contributed by atoms with E-state index in [1.54, 1.807) is 6.92 Å². The number of carbonyl (C=O) groups excluding carboxylic acids is 1. The standard InChI is InChI=1S/C20H44O4Si2/c1-15(14-21)13-17(23-25(9,10)19(3,4)5)18(16(2)22)24-26(11,12)20(6,7)8/h15,17-18,21H,13-14H2,1-12H3/t15-,17+,18+/m1/s1. The smallest absolute Gasteiger partial charge is 0.193 e. The maximum absolute atomic E-state index is 12.6. The molecule has 4 nitrogen and oxygen atoms in total. The van der Waals surface area contributed by atoms with E-state index in [0.29, 0.717) is 6.42 Å². The summed E-state index contributed by atoms with van der Waals surface area (Å²) < 4.78 is 13.2. The molecular weight excluding hydrogens is 360 g/mol. The molecule has 0 aliphatic rings. The lowest BCUT2D eigenvalue weighted by Gasteiger charge is -2.45. The van der Waals surface area contributed by atoms with E-state index in [1.807, 2.05) is 6.92 Å². The van der Waals surface area contributed by atoms with Gasteiger partial charge in [-0.25, -0.2) is 0 Å². The summed E-state index contributed by atoms with van der Waals surface area (Å²) in [5, 5.41) is 9.63. The number of carbonyl (C=O) groups is 1. The van der Waals surface area contributed by atoms with Crippen molar-refractivity contribution >= 4 is 22.4 Å². The molecule has 26 heavy (non-hydrogen) atoms. The molecule has 0 aliphatic heterocycles. The minimum Gasteiger partial charge on any atom is -0.411 e. The van der Waals surface area contributed by atoms with Crippen LogP contribution in [0, 0.1) is 5.92 Å². The van der Waals surface area contributed by atoms with E-state index in [9.17, 15) is 9.90 Å². The lowest BCUT2D eigenvalue weighted by atomic mass is 9.99. The van der Waals surface area contributed by atoms with Crippen molar-refractivity contribution in [2.45, 2.75) is 110 Å². The molecule has 6 heteroatoms. The summed E-state index contributed by atoms with van der Waals surface area (Å²) in [4.78, 5) is 12.6. The van der Waals surface area contributed by atoms with Gasteiger partial charge in [-0.3, -0.25) is 4.79 Å². The third-order valence-corrected chi connectivity index (χ3v) is 15.1. The maximum Gasteiger partial charge on any atom is 0.193 e. The van der Waals surface area contributed by atoms with Crippen molar-refractivity contribution in [2.75, 3.05) is 6.61 Å². The summed E-state index contributed by atoms with van der Waals surface area (Å²) in [6.45, 7) is 25.5. The Bertz CT molecular complexity index is 461. The van der Waals surface area contributed by atoms with Crippen molar-refractivity contribution in [2.24, 2.45) is 5.92 Å². The van der Waals surface area contributed by atoms with E-state index >= 15 is 0 Å². The average Bonchev–Trinajstić information content (AvgIpc) is 2.40. The van der Waals surface area contributed by atoms with E-state index in [1.165, 1.54) is 0 Å². The van der Waals surface area contributed by atoms with Gasteiger partial charge in [0, 0.05) is 6.61 Å². The lowest BCUT2D eigenvalue weighted by molar-refractivity contribution is -0.129. The summed E-state index contributed by atoms with van der Waals surface area (Å²) in [7, 11) is -4.20. The molecule has 0 aliphatic carbocycles. The Kier molecular flexibility index (Phi) is 8.98. The van der Waals surface area contributed by atoms with Gasteiger partial charge in [-0.2, -0.15) is 0 Å². The minimum atomic E-state index is -2.12. The van der Waals surface area contributed by atoms with Crippen LogP contribution in [0.25, 0.3) is 0 Å². The number of hydrogen-bond donors (Lipinski definition) is 1. The Balaban J connectivity index is 5.82. The first-order valence-electron chi connectivity index (χ1n) is 9.82. The molecule has 3 atom stereocenters. The van der Waals surface area contributed by atoms with Crippen LogP contribution in [-0.4, -0.2) is 46.3 Å². The second kappa shape index (κ2) is 8.99. The molecule has 0 aromatic rings. The van der Waals surface area contributed by atoms with Crippen LogP contribution in [0.5, 0.6) is 0 Å². The van der Waals surface area contributed by atoms with Gasteiger partial charge in [0.1, 0.15) is 6.10 Å². The van der Waals surface area contributed by atoms with Crippen molar-refractivity contribution in [3.63, 3.8) is 0 Å². The lowest BCUT2D eigenvalue weighted by Crippen LogP contribution is -2.54. The Hall–Kier alpha value is -0.0162. The van der Waals surface area contributed by atoms with E-state index in [-0.39, 0.29) is 34.5 Å². The molecular formula is C20H44O4Si2. The second-order valence-electron chi connectivity index (χ2n) is 10.8.